The third-order valence-corrected chi connectivity index (χ3v) is 4.84. The molecule has 0 saturated heterocycles. The summed E-state index contributed by atoms with van der Waals surface area (Å²) in [5, 5.41) is 14.3. The number of carbonyl (C=O) groups excluding carboxylic acids is 1. The number of nitriles is 1. The molecule has 31 heavy (non-hydrogen) atoms. The van der Waals surface area contributed by atoms with Crippen LogP contribution < -0.4 is 9.47 Å². The zero-order chi connectivity index (χ0) is 22.4. The maximum absolute atomic E-state index is 12.5. The fraction of sp³-hybridized carbons (Fsp3) is 0.240. The molecule has 0 aliphatic rings. The van der Waals surface area contributed by atoms with Gasteiger partial charge in [0.15, 0.2) is 17.3 Å². The Morgan fingerprint density at radius 1 is 1.13 bits per heavy atom. The van der Waals surface area contributed by atoms with E-state index in [1.165, 1.54) is 0 Å². The van der Waals surface area contributed by atoms with Gasteiger partial charge < -0.3 is 9.47 Å². The molecular formula is C25H25N3O3. The van der Waals surface area contributed by atoms with Crippen LogP contribution in [0, 0.1) is 17.2 Å². The van der Waals surface area contributed by atoms with Crippen molar-refractivity contribution >= 4 is 11.9 Å². The van der Waals surface area contributed by atoms with Crippen LogP contribution in [0.3, 0.4) is 0 Å². The average molecular weight is 415 g/mol. The van der Waals surface area contributed by atoms with Gasteiger partial charge in [0.05, 0.1) is 32.0 Å². The van der Waals surface area contributed by atoms with E-state index in [2.05, 4.69) is 0 Å². The predicted molar refractivity (Wildman–Crippen MR) is 120 cm³/mol. The number of allylic oxidation sites excluding steroid dienone is 1. The van der Waals surface area contributed by atoms with E-state index in [9.17, 15) is 10.1 Å². The van der Waals surface area contributed by atoms with Crippen LogP contribution >= 0.6 is 0 Å². The number of ether oxygens (including phenoxy) is 2. The van der Waals surface area contributed by atoms with Gasteiger partial charge in [-0.05, 0) is 29.8 Å². The van der Waals surface area contributed by atoms with Crippen molar-refractivity contribution < 1.29 is 14.3 Å². The van der Waals surface area contributed by atoms with Crippen molar-refractivity contribution in [2.75, 3.05) is 14.2 Å². The summed E-state index contributed by atoms with van der Waals surface area (Å²) in [6.07, 6.45) is 3.47. The number of hydrogen-bond acceptors (Lipinski definition) is 5. The Hall–Kier alpha value is -3.85. The molecule has 1 heterocycles. The van der Waals surface area contributed by atoms with Gasteiger partial charge in [-0.3, -0.25) is 9.48 Å². The minimum Gasteiger partial charge on any atom is -0.493 e. The lowest BCUT2D eigenvalue weighted by Crippen LogP contribution is -2.08. The molecule has 0 unspecified atom stereocenters. The molecule has 0 amide bonds. The lowest BCUT2D eigenvalue weighted by atomic mass is 9.99. The second-order valence-electron chi connectivity index (χ2n) is 7.37. The van der Waals surface area contributed by atoms with Crippen LogP contribution in [0.2, 0.25) is 0 Å². The van der Waals surface area contributed by atoms with Gasteiger partial charge in [-0.25, -0.2) is 0 Å². The number of aromatic nitrogens is 2. The van der Waals surface area contributed by atoms with Gasteiger partial charge in [-0.2, -0.15) is 10.4 Å². The predicted octanol–water partition coefficient (Wildman–Crippen LogP) is 4.75. The SMILES string of the molecule is COc1ccc(-c2nn(Cc3ccccc3)cc2/C=C(/C#N)C(=O)C(C)C)cc1OC. The molecule has 1 aromatic heterocycles. The summed E-state index contributed by atoms with van der Waals surface area (Å²) in [5.41, 5.74) is 3.34. The fourth-order valence-corrected chi connectivity index (χ4v) is 3.23. The van der Waals surface area contributed by atoms with Gasteiger partial charge in [-0.15, -0.1) is 0 Å². The van der Waals surface area contributed by atoms with Crippen LogP contribution in [-0.2, 0) is 11.3 Å². The second-order valence-corrected chi connectivity index (χ2v) is 7.37. The lowest BCUT2D eigenvalue weighted by Gasteiger charge is -2.09. The summed E-state index contributed by atoms with van der Waals surface area (Å²) >= 11 is 0. The molecule has 3 rings (SSSR count). The van der Waals surface area contributed by atoms with Gasteiger partial charge in [0, 0.05) is 23.2 Å². The molecule has 158 valence electrons. The van der Waals surface area contributed by atoms with E-state index in [4.69, 9.17) is 14.6 Å². The van der Waals surface area contributed by atoms with E-state index in [0.29, 0.717) is 29.3 Å². The Labute approximate surface area is 182 Å². The molecule has 0 saturated carbocycles. The largest absolute Gasteiger partial charge is 0.493 e. The summed E-state index contributed by atoms with van der Waals surface area (Å²) in [4.78, 5) is 12.5. The van der Waals surface area contributed by atoms with E-state index >= 15 is 0 Å². The molecule has 0 atom stereocenters. The molecular weight excluding hydrogens is 390 g/mol. The van der Waals surface area contributed by atoms with Gasteiger partial charge in [0.2, 0.25) is 0 Å². The summed E-state index contributed by atoms with van der Waals surface area (Å²) in [6.45, 7) is 4.12. The summed E-state index contributed by atoms with van der Waals surface area (Å²) < 4.78 is 12.6. The zero-order valence-electron chi connectivity index (χ0n) is 18.1. The van der Waals surface area contributed by atoms with Crippen LogP contribution in [0.1, 0.15) is 25.0 Å². The first kappa shape index (κ1) is 21.8. The van der Waals surface area contributed by atoms with Crippen molar-refractivity contribution in [3.8, 4) is 28.8 Å². The fourth-order valence-electron chi connectivity index (χ4n) is 3.23. The molecule has 0 bridgehead atoms. The normalized spacial score (nSPS) is 11.3. The van der Waals surface area contributed by atoms with Crippen molar-refractivity contribution in [2.45, 2.75) is 20.4 Å². The van der Waals surface area contributed by atoms with E-state index in [1.54, 1.807) is 34.1 Å². The summed E-state index contributed by atoms with van der Waals surface area (Å²) in [5.74, 6) is 0.720. The van der Waals surface area contributed by atoms with Crippen LogP contribution in [0.4, 0.5) is 0 Å². The average Bonchev–Trinajstić information content (AvgIpc) is 3.19. The van der Waals surface area contributed by atoms with Gasteiger partial charge in [0.25, 0.3) is 0 Å². The molecule has 0 N–H and O–H groups in total. The van der Waals surface area contributed by atoms with Gasteiger partial charge in [-0.1, -0.05) is 44.2 Å². The third kappa shape index (κ3) is 5.01. The van der Waals surface area contributed by atoms with Gasteiger partial charge in [0.1, 0.15) is 6.07 Å². The molecule has 6 heteroatoms. The highest BCUT2D eigenvalue weighted by atomic mass is 16.5. The quantitative estimate of drug-likeness (QED) is 0.392. The van der Waals surface area contributed by atoms with Gasteiger partial charge >= 0.3 is 0 Å². The van der Waals surface area contributed by atoms with Crippen molar-refractivity contribution in [2.24, 2.45) is 5.92 Å². The highest BCUT2D eigenvalue weighted by Gasteiger charge is 2.18. The second kappa shape index (κ2) is 9.77. The Bertz CT molecular complexity index is 1140. The summed E-state index contributed by atoms with van der Waals surface area (Å²) in [7, 11) is 3.16. The Balaban J connectivity index is 2.12. The lowest BCUT2D eigenvalue weighted by molar-refractivity contribution is -0.117. The first-order valence-corrected chi connectivity index (χ1v) is 9.96. The number of nitrogens with zero attached hydrogens (tertiary/aromatic N) is 3. The standard InChI is InChI=1S/C25H25N3O3/c1-17(2)25(29)20(14-26)12-21-16-28(15-18-8-6-5-7-9-18)27-24(21)19-10-11-22(30-3)23(13-19)31-4/h5-13,16-17H,15H2,1-4H3/b20-12-. The molecule has 6 nitrogen and oxygen atoms in total. The van der Waals surface area contributed by atoms with E-state index < -0.39 is 0 Å². The first-order valence-electron chi connectivity index (χ1n) is 9.96. The maximum Gasteiger partial charge on any atom is 0.175 e. The van der Waals surface area contributed by atoms with E-state index in [0.717, 1.165) is 11.1 Å². The first-order chi connectivity index (χ1) is 15.0. The smallest absolute Gasteiger partial charge is 0.175 e. The minimum absolute atomic E-state index is 0.107. The third-order valence-electron chi connectivity index (χ3n) is 4.84. The van der Waals surface area contributed by atoms with Crippen molar-refractivity contribution in [3.63, 3.8) is 0 Å². The Morgan fingerprint density at radius 2 is 1.84 bits per heavy atom. The van der Waals surface area contributed by atoms with E-state index in [1.807, 2.05) is 65.5 Å². The highest BCUT2D eigenvalue weighted by Crippen LogP contribution is 2.34. The molecule has 0 radical (unpaired) electrons. The summed E-state index contributed by atoms with van der Waals surface area (Å²) in [6, 6.07) is 17.5. The van der Waals surface area contributed by atoms with Crippen LogP contribution in [0.5, 0.6) is 11.5 Å². The number of benzene rings is 2. The van der Waals surface area contributed by atoms with Crippen molar-refractivity contribution in [1.29, 1.82) is 5.26 Å². The number of methoxy groups -OCH3 is 2. The molecule has 0 spiro atoms. The molecule has 0 aliphatic heterocycles. The van der Waals surface area contributed by atoms with Crippen molar-refractivity contribution in [1.82, 2.24) is 9.78 Å². The van der Waals surface area contributed by atoms with Crippen LogP contribution in [0.25, 0.3) is 17.3 Å². The number of hydrogen-bond donors (Lipinski definition) is 0. The van der Waals surface area contributed by atoms with E-state index in [-0.39, 0.29) is 17.3 Å². The molecule has 0 aliphatic carbocycles. The zero-order valence-corrected chi connectivity index (χ0v) is 18.1. The number of rotatable bonds is 8. The number of Topliss-reactive ketones (excluding diaryl/α,β-unsaturated/α-hetero) is 1. The number of ketones is 1. The Kier molecular flexibility index (Phi) is 6.88. The topological polar surface area (TPSA) is 77.1 Å². The van der Waals surface area contributed by atoms with Crippen LogP contribution in [0.15, 0.2) is 60.3 Å². The highest BCUT2D eigenvalue weighted by molar-refractivity contribution is 6.04. The monoisotopic (exact) mass is 415 g/mol. The maximum atomic E-state index is 12.5. The minimum atomic E-state index is -0.269. The Morgan fingerprint density at radius 3 is 2.45 bits per heavy atom. The molecule has 0 fully saturated rings. The molecule has 3 aromatic rings. The van der Waals surface area contributed by atoms with Crippen molar-refractivity contribution in [3.05, 3.63) is 71.4 Å². The molecule has 2 aromatic carbocycles. The number of carbonyl (C=O) groups is 1. The van der Waals surface area contributed by atoms with Crippen LogP contribution in [-0.4, -0.2) is 29.8 Å².